The first kappa shape index (κ1) is 19.2. The quantitative estimate of drug-likeness (QED) is 0.293. The number of hydrogen-bond acceptors (Lipinski definition) is 2. The maximum Gasteiger partial charge on any atom is 0.0541 e. The van der Waals surface area contributed by atoms with Crippen molar-refractivity contribution in [3.05, 3.63) is 115 Å². The zero-order valence-corrected chi connectivity index (χ0v) is 18.1. The van der Waals surface area contributed by atoms with Gasteiger partial charge in [-0.05, 0) is 70.8 Å². The van der Waals surface area contributed by atoms with Crippen LogP contribution >= 0.6 is 0 Å². The number of rotatable bonds is 3. The predicted octanol–water partition coefficient (Wildman–Crippen LogP) is 7.28. The number of fused-ring (bicyclic) bond motifs is 3. The van der Waals surface area contributed by atoms with Crippen molar-refractivity contribution < 1.29 is 0 Å². The number of benzene rings is 5. The van der Waals surface area contributed by atoms with E-state index in [1.807, 2.05) is 24.3 Å². The highest BCUT2D eigenvalue weighted by Gasteiger charge is 2.13. The number of para-hydroxylation sites is 2. The number of nitrogens with two attached hydrogens (primary N) is 2. The Hall–Kier alpha value is -4.50. The van der Waals surface area contributed by atoms with Crippen LogP contribution in [0.3, 0.4) is 0 Å². The minimum Gasteiger partial charge on any atom is -0.399 e. The molecule has 0 saturated carbocycles. The Morgan fingerprint density at radius 1 is 0.455 bits per heavy atom. The fourth-order valence-electron chi connectivity index (χ4n) is 4.71. The lowest BCUT2D eigenvalue weighted by molar-refractivity contribution is 1.18. The summed E-state index contributed by atoms with van der Waals surface area (Å²) in [6.45, 7) is 0. The molecule has 0 fully saturated rings. The fourth-order valence-corrected chi connectivity index (χ4v) is 4.71. The van der Waals surface area contributed by atoms with Crippen molar-refractivity contribution in [2.24, 2.45) is 0 Å². The molecule has 0 spiro atoms. The normalized spacial score (nSPS) is 11.3. The van der Waals surface area contributed by atoms with Gasteiger partial charge in [-0.2, -0.15) is 0 Å². The summed E-state index contributed by atoms with van der Waals surface area (Å²) in [5.74, 6) is 0. The van der Waals surface area contributed by atoms with Gasteiger partial charge in [0.15, 0.2) is 0 Å². The molecule has 6 aromatic rings. The van der Waals surface area contributed by atoms with Crippen LogP contribution in [0.5, 0.6) is 0 Å². The van der Waals surface area contributed by atoms with Crippen molar-refractivity contribution in [1.82, 2.24) is 4.57 Å². The van der Waals surface area contributed by atoms with Gasteiger partial charge >= 0.3 is 0 Å². The van der Waals surface area contributed by atoms with E-state index in [9.17, 15) is 0 Å². The Bertz CT molecular complexity index is 1550. The van der Waals surface area contributed by atoms with Crippen LogP contribution in [0.4, 0.5) is 11.4 Å². The number of aromatic nitrogens is 1. The molecule has 1 heterocycles. The first-order chi connectivity index (χ1) is 16.2. The van der Waals surface area contributed by atoms with E-state index in [2.05, 4.69) is 95.6 Å². The third-order valence-electron chi connectivity index (χ3n) is 6.28. The Labute approximate surface area is 192 Å². The Kier molecular flexibility index (Phi) is 4.41. The molecule has 3 heteroatoms. The van der Waals surface area contributed by atoms with Gasteiger partial charge in [0.25, 0.3) is 0 Å². The topological polar surface area (TPSA) is 57.0 Å². The molecular formula is C30H23N3. The average molecular weight is 426 g/mol. The first-order valence-electron chi connectivity index (χ1n) is 11.0. The monoisotopic (exact) mass is 425 g/mol. The molecule has 4 N–H and O–H groups in total. The number of nitrogens with zero attached hydrogens (tertiary/aromatic N) is 1. The number of anilines is 2. The van der Waals surface area contributed by atoms with Crippen molar-refractivity contribution >= 4 is 33.2 Å². The molecule has 3 nitrogen and oxygen atoms in total. The molecule has 5 aromatic carbocycles. The molecule has 0 aliphatic rings. The van der Waals surface area contributed by atoms with Gasteiger partial charge in [-0.3, -0.25) is 0 Å². The summed E-state index contributed by atoms with van der Waals surface area (Å²) < 4.78 is 2.33. The summed E-state index contributed by atoms with van der Waals surface area (Å²) in [6, 6.07) is 39.9. The van der Waals surface area contributed by atoms with Crippen molar-refractivity contribution in [1.29, 1.82) is 0 Å². The molecule has 158 valence electrons. The maximum absolute atomic E-state index is 6.17. The smallest absolute Gasteiger partial charge is 0.0541 e. The molecule has 33 heavy (non-hydrogen) atoms. The van der Waals surface area contributed by atoms with Crippen molar-refractivity contribution in [3.63, 3.8) is 0 Å². The van der Waals surface area contributed by atoms with E-state index in [1.165, 1.54) is 21.8 Å². The van der Waals surface area contributed by atoms with Gasteiger partial charge in [0, 0.05) is 27.8 Å². The second-order valence-electron chi connectivity index (χ2n) is 8.34. The van der Waals surface area contributed by atoms with Crippen LogP contribution in [-0.4, -0.2) is 4.57 Å². The average Bonchev–Trinajstić information content (AvgIpc) is 3.19. The first-order valence-corrected chi connectivity index (χ1v) is 11.0. The van der Waals surface area contributed by atoms with Crippen LogP contribution in [0.15, 0.2) is 115 Å². The molecule has 0 aliphatic carbocycles. The van der Waals surface area contributed by atoms with E-state index < -0.39 is 0 Å². The SMILES string of the molecule is Nc1ccc(-c2ccc(N)cc2-c2ccc(-n3c4ccccc4c4ccccc43)cc2)cc1. The Balaban J connectivity index is 1.50. The molecule has 6 rings (SSSR count). The standard InChI is InChI=1S/C30H23N3/c31-22-13-9-20(10-14-22)25-18-15-23(32)19-28(25)21-11-16-24(17-12-21)33-29-7-3-1-5-26(29)27-6-2-4-8-30(27)33/h1-19H,31-32H2. The van der Waals surface area contributed by atoms with Crippen LogP contribution in [0, 0.1) is 0 Å². The van der Waals surface area contributed by atoms with Crippen LogP contribution in [0.25, 0.3) is 49.7 Å². The largest absolute Gasteiger partial charge is 0.399 e. The fraction of sp³-hybridized carbons (Fsp3) is 0. The summed E-state index contributed by atoms with van der Waals surface area (Å²) in [5.41, 5.74) is 21.6. The third kappa shape index (κ3) is 3.22. The van der Waals surface area contributed by atoms with Gasteiger partial charge in [0.2, 0.25) is 0 Å². The lowest BCUT2D eigenvalue weighted by Crippen LogP contribution is -1.94. The highest BCUT2D eigenvalue weighted by molar-refractivity contribution is 6.09. The number of hydrogen-bond donors (Lipinski definition) is 2. The maximum atomic E-state index is 6.17. The molecule has 0 aliphatic heterocycles. The van der Waals surface area contributed by atoms with Crippen LogP contribution in [0.2, 0.25) is 0 Å². The third-order valence-corrected chi connectivity index (χ3v) is 6.28. The molecule has 1 aromatic heterocycles. The number of nitrogen functional groups attached to an aromatic ring is 2. The van der Waals surface area contributed by atoms with Gasteiger partial charge in [0.05, 0.1) is 11.0 Å². The van der Waals surface area contributed by atoms with Crippen LogP contribution in [-0.2, 0) is 0 Å². The van der Waals surface area contributed by atoms with E-state index in [1.54, 1.807) is 0 Å². The second-order valence-corrected chi connectivity index (χ2v) is 8.34. The van der Waals surface area contributed by atoms with E-state index >= 15 is 0 Å². The molecule has 0 saturated heterocycles. The van der Waals surface area contributed by atoms with Crippen molar-refractivity contribution in [3.8, 4) is 27.9 Å². The Morgan fingerprint density at radius 3 is 1.61 bits per heavy atom. The van der Waals surface area contributed by atoms with Gasteiger partial charge in [-0.1, -0.05) is 66.7 Å². The highest BCUT2D eigenvalue weighted by atomic mass is 15.0. The molecular weight excluding hydrogens is 402 g/mol. The molecule has 0 amide bonds. The summed E-state index contributed by atoms with van der Waals surface area (Å²) in [6.07, 6.45) is 0. The lowest BCUT2D eigenvalue weighted by Gasteiger charge is -2.13. The molecule has 0 atom stereocenters. The van der Waals surface area contributed by atoms with Gasteiger partial charge in [0.1, 0.15) is 0 Å². The summed E-state index contributed by atoms with van der Waals surface area (Å²) >= 11 is 0. The van der Waals surface area contributed by atoms with Crippen molar-refractivity contribution in [2.45, 2.75) is 0 Å². The molecule has 0 bridgehead atoms. The van der Waals surface area contributed by atoms with Gasteiger partial charge < -0.3 is 16.0 Å². The lowest BCUT2D eigenvalue weighted by atomic mass is 9.94. The minimum atomic E-state index is 0.746. The Morgan fingerprint density at radius 2 is 0.970 bits per heavy atom. The predicted molar refractivity (Wildman–Crippen MR) is 140 cm³/mol. The molecule has 0 radical (unpaired) electrons. The van der Waals surface area contributed by atoms with Gasteiger partial charge in [-0.25, -0.2) is 0 Å². The summed E-state index contributed by atoms with van der Waals surface area (Å²) in [4.78, 5) is 0. The zero-order chi connectivity index (χ0) is 22.4. The zero-order valence-electron chi connectivity index (χ0n) is 18.1. The van der Waals surface area contributed by atoms with Crippen LogP contribution < -0.4 is 11.5 Å². The van der Waals surface area contributed by atoms with Gasteiger partial charge in [-0.15, -0.1) is 0 Å². The second kappa shape index (κ2) is 7.57. The van der Waals surface area contributed by atoms with E-state index in [0.717, 1.165) is 39.3 Å². The minimum absolute atomic E-state index is 0.746. The van der Waals surface area contributed by atoms with Crippen molar-refractivity contribution in [2.75, 3.05) is 11.5 Å². The van der Waals surface area contributed by atoms with E-state index in [0.29, 0.717) is 0 Å². The van der Waals surface area contributed by atoms with Crippen LogP contribution in [0.1, 0.15) is 0 Å². The summed E-state index contributed by atoms with van der Waals surface area (Å²) in [7, 11) is 0. The van der Waals surface area contributed by atoms with E-state index in [-0.39, 0.29) is 0 Å². The summed E-state index contributed by atoms with van der Waals surface area (Å²) in [5, 5.41) is 2.53. The highest BCUT2D eigenvalue weighted by Crippen LogP contribution is 2.36. The van der Waals surface area contributed by atoms with E-state index in [4.69, 9.17) is 11.5 Å². The molecule has 0 unspecified atom stereocenters.